The molecule has 0 atom stereocenters. The lowest BCUT2D eigenvalue weighted by molar-refractivity contribution is -0.130. The minimum Gasteiger partial charge on any atom is -0.381 e. The molecule has 1 fully saturated rings. The van der Waals surface area contributed by atoms with Gasteiger partial charge in [0.25, 0.3) is 0 Å². The molecule has 6 nitrogen and oxygen atoms in total. The van der Waals surface area contributed by atoms with Crippen LogP contribution in [-0.2, 0) is 9.53 Å². The molecule has 1 saturated heterocycles. The molecule has 0 aliphatic carbocycles. The van der Waals surface area contributed by atoms with Gasteiger partial charge in [-0.1, -0.05) is 30.0 Å². The van der Waals surface area contributed by atoms with E-state index in [9.17, 15) is 4.79 Å². The number of hydrogen-bond donors (Lipinski definition) is 2. The van der Waals surface area contributed by atoms with Crippen LogP contribution >= 0.6 is 23.1 Å². The molecule has 0 saturated carbocycles. The van der Waals surface area contributed by atoms with E-state index in [4.69, 9.17) is 10.5 Å². The van der Waals surface area contributed by atoms with Gasteiger partial charge in [-0.2, -0.15) is 0 Å². The first-order chi connectivity index (χ1) is 9.20. The highest BCUT2D eigenvalue weighted by Gasteiger charge is 2.39. The molecule has 8 heteroatoms. The van der Waals surface area contributed by atoms with Gasteiger partial charge in [0.2, 0.25) is 11.0 Å². The van der Waals surface area contributed by atoms with E-state index in [-0.39, 0.29) is 5.91 Å². The van der Waals surface area contributed by atoms with E-state index in [0.29, 0.717) is 37.7 Å². The zero-order valence-electron chi connectivity index (χ0n) is 10.8. The fourth-order valence-electron chi connectivity index (χ4n) is 1.96. The standard InChI is InChI=1S/C11H18N4O2S2/c1-2-18-10-15-14-9(19-10)13-8(16)11(7-12)3-5-17-6-4-11/h2-7,12H2,1H3,(H,13,14,16). The molecule has 1 aromatic rings. The lowest BCUT2D eigenvalue weighted by Gasteiger charge is -2.34. The molecule has 0 aromatic carbocycles. The molecule has 106 valence electrons. The molecule has 3 N–H and O–H groups in total. The van der Waals surface area contributed by atoms with E-state index in [1.807, 2.05) is 0 Å². The van der Waals surface area contributed by atoms with Crippen molar-refractivity contribution in [2.24, 2.45) is 11.1 Å². The zero-order chi connectivity index (χ0) is 13.7. The van der Waals surface area contributed by atoms with Crippen LogP contribution in [0, 0.1) is 5.41 Å². The lowest BCUT2D eigenvalue weighted by Crippen LogP contribution is -2.46. The maximum absolute atomic E-state index is 12.4. The van der Waals surface area contributed by atoms with Crippen molar-refractivity contribution >= 4 is 34.1 Å². The van der Waals surface area contributed by atoms with Crippen LogP contribution in [0.15, 0.2) is 4.34 Å². The third-order valence-electron chi connectivity index (χ3n) is 3.22. The largest absolute Gasteiger partial charge is 0.381 e. The zero-order valence-corrected chi connectivity index (χ0v) is 12.5. The molecular weight excluding hydrogens is 284 g/mol. The van der Waals surface area contributed by atoms with Gasteiger partial charge in [0.05, 0.1) is 5.41 Å². The highest BCUT2D eigenvalue weighted by atomic mass is 32.2. The number of nitrogens with two attached hydrogens (primary N) is 1. The van der Waals surface area contributed by atoms with Crippen LogP contribution in [0.25, 0.3) is 0 Å². The SMILES string of the molecule is CCSc1nnc(NC(=O)C2(CN)CCOCC2)s1. The molecule has 1 aliphatic rings. The first-order valence-corrected chi connectivity index (χ1v) is 8.06. The molecule has 0 spiro atoms. The third-order valence-corrected chi connectivity index (χ3v) is 5.07. The summed E-state index contributed by atoms with van der Waals surface area (Å²) >= 11 is 3.01. The fourth-order valence-corrected chi connectivity index (χ4v) is 3.60. The molecule has 1 amide bonds. The Hall–Kier alpha value is -0.700. The van der Waals surface area contributed by atoms with Crippen LogP contribution in [0.5, 0.6) is 0 Å². The number of rotatable bonds is 5. The molecule has 0 unspecified atom stereocenters. The van der Waals surface area contributed by atoms with Gasteiger partial charge in [-0.25, -0.2) is 0 Å². The average molecular weight is 302 g/mol. The minimum atomic E-state index is -0.526. The number of carbonyl (C=O) groups is 1. The monoisotopic (exact) mass is 302 g/mol. The molecule has 0 radical (unpaired) electrons. The summed E-state index contributed by atoms with van der Waals surface area (Å²) in [7, 11) is 0. The van der Waals surface area contributed by atoms with Crippen molar-refractivity contribution in [3.05, 3.63) is 0 Å². The predicted octanol–water partition coefficient (Wildman–Crippen LogP) is 1.34. The van der Waals surface area contributed by atoms with Crippen molar-refractivity contribution in [1.29, 1.82) is 0 Å². The van der Waals surface area contributed by atoms with Crippen LogP contribution in [0.2, 0.25) is 0 Å². The number of amides is 1. The number of aromatic nitrogens is 2. The van der Waals surface area contributed by atoms with Crippen LogP contribution in [0.1, 0.15) is 19.8 Å². The van der Waals surface area contributed by atoms with Crippen LogP contribution in [0.4, 0.5) is 5.13 Å². The van der Waals surface area contributed by atoms with E-state index in [1.54, 1.807) is 11.8 Å². The number of carbonyl (C=O) groups excluding carboxylic acids is 1. The van der Waals surface area contributed by atoms with E-state index >= 15 is 0 Å². The normalized spacial score (nSPS) is 18.2. The Balaban J connectivity index is 2.01. The van der Waals surface area contributed by atoms with E-state index in [2.05, 4.69) is 22.4 Å². The summed E-state index contributed by atoms with van der Waals surface area (Å²) in [5.74, 6) is 0.870. The van der Waals surface area contributed by atoms with Crippen molar-refractivity contribution in [2.45, 2.75) is 24.1 Å². The molecule has 19 heavy (non-hydrogen) atoms. The smallest absolute Gasteiger partial charge is 0.233 e. The Morgan fingerprint density at radius 1 is 1.53 bits per heavy atom. The number of anilines is 1. The van der Waals surface area contributed by atoms with Crippen molar-refractivity contribution in [3.8, 4) is 0 Å². The minimum absolute atomic E-state index is 0.0671. The highest BCUT2D eigenvalue weighted by molar-refractivity contribution is 8.01. The molecule has 0 bridgehead atoms. The molecular formula is C11H18N4O2S2. The van der Waals surface area contributed by atoms with Crippen molar-refractivity contribution in [2.75, 3.05) is 30.8 Å². The first-order valence-electron chi connectivity index (χ1n) is 6.26. The summed E-state index contributed by atoms with van der Waals surface area (Å²) < 4.78 is 6.17. The topological polar surface area (TPSA) is 90.1 Å². The summed E-state index contributed by atoms with van der Waals surface area (Å²) in [6, 6.07) is 0. The fraction of sp³-hybridized carbons (Fsp3) is 0.727. The number of thioether (sulfide) groups is 1. The summed E-state index contributed by atoms with van der Waals surface area (Å²) in [5.41, 5.74) is 5.27. The van der Waals surface area contributed by atoms with E-state index in [1.165, 1.54) is 11.3 Å². The Morgan fingerprint density at radius 2 is 2.26 bits per heavy atom. The van der Waals surface area contributed by atoms with Crippen molar-refractivity contribution < 1.29 is 9.53 Å². The Bertz CT molecular complexity index is 432. The van der Waals surface area contributed by atoms with Gasteiger partial charge >= 0.3 is 0 Å². The number of nitrogens with zero attached hydrogens (tertiary/aromatic N) is 2. The van der Waals surface area contributed by atoms with Gasteiger partial charge in [0.1, 0.15) is 0 Å². The predicted molar refractivity (Wildman–Crippen MR) is 76.5 cm³/mol. The summed E-state index contributed by atoms with van der Waals surface area (Å²) in [4.78, 5) is 12.4. The van der Waals surface area contributed by atoms with Crippen LogP contribution in [0.3, 0.4) is 0 Å². The second-order valence-electron chi connectivity index (χ2n) is 4.36. The Morgan fingerprint density at radius 3 is 2.89 bits per heavy atom. The second-order valence-corrected chi connectivity index (χ2v) is 6.85. The maximum Gasteiger partial charge on any atom is 0.233 e. The van der Waals surface area contributed by atoms with Gasteiger partial charge in [-0.3, -0.25) is 10.1 Å². The summed E-state index contributed by atoms with van der Waals surface area (Å²) in [5, 5.41) is 11.4. The average Bonchev–Trinajstić information content (AvgIpc) is 2.87. The Kier molecular flexibility index (Phi) is 5.14. The summed E-state index contributed by atoms with van der Waals surface area (Å²) in [6.07, 6.45) is 1.31. The number of nitrogens with one attached hydrogen (secondary N) is 1. The third kappa shape index (κ3) is 3.44. The van der Waals surface area contributed by atoms with Gasteiger partial charge in [0.15, 0.2) is 4.34 Å². The molecule has 1 aromatic heterocycles. The van der Waals surface area contributed by atoms with Gasteiger partial charge in [-0.15, -0.1) is 10.2 Å². The van der Waals surface area contributed by atoms with Crippen molar-refractivity contribution in [1.82, 2.24) is 10.2 Å². The summed E-state index contributed by atoms with van der Waals surface area (Å²) in [6.45, 7) is 3.54. The lowest BCUT2D eigenvalue weighted by atomic mass is 9.79. The highest BCUT2D eigenvalue weighted by Crippen LogP contribution is 2.32. The second kappa shape index (κ2) is 6.65. The first kappa shape index (κ1) is 14.7. The van der Waals surface area contributed by atoms with E-state index in [0.717, 1.165) is 10.1 Å². The van der Waals surface area contributed by atoms with Crippen LogP contribution < -0.4 is 11.1 Å². The molecule has 2 heterocycles. The quantitative estimate of drug-likeness (QED) is 0.630. The van der Waals surface area contributed by atoms with Gasteiger partial charge in [0, 0.05) is 19.8 Å². The number of ether oxygens (including phenoxy) is 1. The van der Waals surface area contributed by atoms with E-state index < -0.39 is 5.41 Å². The van der Waals surface area contributed by atoms with Gasteiger partial charge in [-0.05, 0) is 18.6 Å². The van der Waals surface area contributed by atoms with Gasteiger partial charge < -0.3 is 10.5 Å². The Labute approximate surface area is 120 Å². The van der Waals surface area contributed by atoms with Crippen LogP contribution in [-0.4, -0.2) is 41.6 Å². The molecule has 1 aliphatic heterocycles. The molecule has 2 rings (SSSR count). The maximum atomic E-state index is 12.4. The number of hydrogen-bond acceptors (Lipinski definition) is 7. The van der Waals surface area contributed by atoms with Crippen molar-refractivity contribution in [3.63, 3.8) is 0 Å².